The molecule has 1 aromatic rings. The molecule has 1 unspecified atom stereocenters. The van der Waals surface area contributed by atoms with Crippen LogP contribution in [-0.4, -0.2) is 50.1 Å². The smallest absolute Gasteiger partial charge is 0.317 e. The highest BCUT2D eigenvalue weighted by atomic mass is 16.2. The van der Waals surface area contributed by atoms with E-state index < -0.39 is 0 Å². The standard InChI is InChI=1S/C16H27N3O/c1-12-7-8-15(13(2)11-12)14(3)17-16(20)19(6)10-9-18(4)5/h7-8,11,14H,9-10H2,1-6H3,(H,17,20). The molecule has 0 heterocycles. The maximum absolute atomic E-state index is 12.1. The van der Waals surface area contributed by atoms with Gasteiger partial charge in [0.1, 0.15) is 0 Å². The molecule has 112 valence electrons. The molecule has 0 fully saturated rings. The van der Waals surface area contributed by atoms with Crippen molar-refractivity contribution in [3.63, 3.8) is 0 Å². The van der Waals surface area contributed by atoms with E-state index in [9.17, 15) is 4.79 Å². The summed E-state index contributed by atoms with van der Waals surface area (Å²) in [5, 5.41) is 3.05. The van der Waals surface area contributed by atoms with Gasteiger partial charge in [0.15, 0.2) is 0 Å². The van der Waals surface area contributed by atoms with E-state index in [-0.39, 0.29) is 12.1 Å². The van der Waals surface area contributed by atoms with E-state index in [2.05, 4.69) is 42.3 Å². The molecule has 1 rings (SSSR count). The van der Waals surface area contributed by atoms with Crippen LogP contribution >= 0.6 is 0 Å². The fourth-order valence-electron chi connectivity index (χ4n) is 2.14. The van der Waals surface area contributed by atoms with Crippen molar-refractivity contribution in [2.45, 2.75) is 26.8 Å². The Hall–Kier alpha value is -1.55. The van der Waals surface area contributed by atoms with Gasteiger partial charge in [0, 0.05) is 20.1 Å². The number of nitrogens with one attached hydrogen (secondary N) is 1. The summed E-state index contributed by atoms with van der Waals surface area (Å²) in [4.78, 5) is 15.9. The van der Waals surface area contributed by atoms with E-state index in [1.807, 2.05) is 28.1 Å². The topological polar surface area (TPSA) is 35.6 Å². The lowest BCUT2D eigenvalue weighted by Gasteiger charge is -2.23. The van der Waals surface area contributed by atoms with Crippen LogP contribution in [0.25, 0.3) is 0 Å². The average molecular weight is 277 g/mol. The van der Waals surface area contributed by atoms with Gasteiger partial charge in [-0.3, -0.25) is 0 Å². The molecule has 1 aromatic carbocycles. The Labute approximate surface area is 122 Å². The van der Waals surface area contributed by atoms with Gasteiger partial charge >= 0.3 is 6.03 Å². The summed E-state index contributed by atoms with van der Waals surface area (Å²) < 4.78 is 0. The lowest BCUT2D eigenvalue weighted by Crippen LogP contribution is -2.41. The molecular weight excluding hydrogens is 250 g/mol. The molecule has 0 bridgehead atoms. The SMILES string of the molecule is Cc1ccc(C(C)NC(=O)N(C)CCN(C)C)c(C)c1. The van der Waals surface area contributed by atoms with Crippen molar-refractivity contribution in [1.29, 1.82) is 0 Å². The van der Waals surface area contributed by atoms with Crippen LogP contribution < -0.4 is 5.32 Å². The number of carbonyl (C=O) groups is 1. The number of rotatable bonds is 5. The van der Waals surface area contributed by atoms with Gasteiger partial charge < -0.3 is 15.1 Å². The van der Waals surface area contributed by atoms with Crippen molar-refractivity contribution >= 4 is 6.03 Å². The first-order valence-corrected chi connectivity index (χ1v) is 7.04. The van der Waals surface area contributed by atoms with E-state index in [1.54, 1.807) is 4.90 Å². The fraction of sp³-hybridized carbons (Fsp3) is 0.562. The summed E-state index contributed by atoms with van der Waals surface area (Å²) in [6.07, 6.45) is 0. The molecule has 0 spiro atoms. The first kappa shape index (κ1) is 16.5. The second kappa shape index (κ2) is 7.29. The Morgan fingerprint density at radius 3 is 2.40 bits per heavy atom. The molecule has 4 nitrogen and oxygen atoms in total. The van der Waals surface area contributed by atoms with Crippen LogP contribution in [0.3, 0.4) is 0 Å². The molecular formula is C16H27N3O. The number of benzene rings is 1. The molecule has 1 atom stereocenters. The summed E-state index contributed by atoms with van der Waals surface area (Å²) in [5.41, 5.74) is 3.63. The van der Waals surface area contributed by atoms with Crippen LogP contribution in [0.4, 0.5) is 4.79 Å². The van der Waals surface area contributed by atoms with Crippen LogP contribution in [0.2, 0.25) is 0 Å². The Morgan fingerprint density at radius 2 is 1.85 bits per heavy atom. The quantitative estimate of drug-likeness (QED) is 0.898. The summed E-state index contributed by atoms with van der Waals surface area (Å²) in [5.74, 6) is 0. The third-order valence-electron chi connectivity index (χ3n) is 3.46. The first-order valence-electron chi connectivity index (χ1n) is 7.04. The minimum absolute atomic E-state index is 0.0184. The number of likely N-dealkylation sites (N-methyl/N-ethyl adjacent to an activating group) is 2. The highest BCUT2D eigenvalue weighted by molar-refractivity contribution is 5.74. The number of hydrogen-bond donors (Lipinski definition) is 1. The van der Waals surface area contributed by atoms with Gasteiger partial charge in [0.05, 0.1) is 6.04 Å². The van der Waals surface area contributed by atoms with Gasteiger partial charge in [0.25, 0.3) is 0 Å². The lowest BCUT2D eigenvalue weighted by molar-refractivity contribution is 0.200. The van der Waals surface area contributed by atoms with E-state index in [0.717, 1.165) is 13.1 Å². The van der Waals surface area contributed by atoms with Gasteiger partial charge in [-0.15, -0.1) is 0 Å². The predicted octanol–water partition coefficient (Wildman–Crippen LogP) is 2.57. The van der Waals surface area contributed by atoms with Crippen molar-refractivity contribution < 1.29 is 4.79 Å². The summed E-state index contributed by atoms with van der Waals surface area (Å²) in [7, 11) is 5.83. The highest BCUT2D eigenvalue weighted by Gasteiger charge is 2.14. The molecule has 0 aliphatic heterocycles. The lowest BCUT2D eigenvalue weighted by atomic mass is 10.0. The van der Waals surface area contributed by atoms with Gasteiger partial charge in [-0.1, -0.05) is 23.8 Å². The molecule has 0 saturated carbocycles. The van der Waals surface area contributed by atoms with Crippen LogP contribution in [0.5, 0.6) is 0 Å². The van der Waals surface area contributed by atoms with Crippen LogP contribution in [-0.2, 0) is 0 Å². The molecule has 0 aromatic heterocycles. The number of hydrogen-bond acceptors (Lipinski definition) is 2. The molecule has 0 aliphatic carbocycles. The monoisotopic (exact) mass is 277 g/mol. The molecule has 2 amide bonds. The average Bonchev–Trinajstić information content (AvgIpc) is 2.35. The summed E-state index contributed by atoms with van der Waals surface area (Å²) >= 11 is 0. The maximum Gasteiger partial charge on any atom is 0.317 e. The number of aryl methyl sites for hydroxylation is 2. The largest absolute Gasteiger partial charge is 0.331 e. The van der Waals surface area contributed by atoms with Gasteiger partial charge in [-0.25, -0.2) is 4.79 Å². The molecule has 4 heteroatoms. The zero-order chi connectivity index (χ0) is 15.3. The number of carbonyl (C=O) groups excluding carboxylic acids is 1. The van der Waals surface area contributed by atoms with Gasteiger partial charge in [-0.2, -0.15) is 0 Å². The van der Waals surface area contributed by atoms with E-state index >= 15 is 0 Å². The fourth-order valence-corrected chi connectivity index (χ4v) is 2.14. The highest BCUT2D eigenvalue weighted by Crippen LogP contribution is 2.18. The van der Waals surface area contributed by atoms with Crippen molar-refractivity contribution in [1.82, 2.24) is 15.1 Å². The number of amides is 2. The minimum Gasteiger partial charge on any atom is -0.331 e. The Morgan fingerprint density at radius 1 is 1.20 bits per heavy atom. The van der Waals surface area contributed by atoms with Crippen LogP contribution in [0.15, 0.2) is 18.2 Å². The van der Waals surface area contributed by atoms with Gasteiger partial charge in [0.2, 0.25) is 0 Å². The Balaban J connectivity index is 2.60. The van der Waals surface area contributed by atoms with E-state index in [4.69, 9.17) is 0 Å². The minimum atomic E-state index is -0.0284. The molecule has 1 N–H and O–H groups in total. The second-order valence-electron chi connectivity index (χ2n) is 5.76. The first-order chi connectivity index (χ1) is 9.31. The molecule has 0 saturated heterocycles. The Bertz CT molecular complexity index is 457. The van der Waals surface area contributed by atoms with Crippen LogP contribution in [0.1, 0.15) is 29.7 Å². The third-order valence-corrected chi connectivity index (χ3v) is 3.46. The van der Waals surface area contributed by atoms with Crippen molar-refractivity contribution in [3.8, 4) is 0 Å². The zero-order valence-corrected chi connectivity index (χ0v) is 13.5. The predicted molar refractivity (Wildman–Crippen MR) is 84.0 cm³/mol. The van der Waals surface area contributed by atoms with Crippen molar-refractivity contribution in [2.75, 3.05) is 34.2 Å². The molecule has 0 aliphatic rings. The summed E-state index contributed by atoms with van der Waals surface area (Å²) in [6.45, 7) is 7.77. The third kappa shape index (κ3) is 4.85. The normalized spacial score (nSPS) is 12.3. The molecule has 0 radical (unpaired) electrons. The van der Waals surface area contributed by atoms with Crippen molar-refractivity contribution in [3.05, 3.63) is 34.9 Å². The van der Waals surface area contributed by atoms with E-state index in [1.165, 1.54) is 16.7 Å². The number of urea groups is 1. The van der Waals surface area contributed by atoms with E-state index in [0.29, 0.717) is 0 Å². The second-order valence-corrected chi connectivity index (χ2v) is 5.76. The molecule has 20 heavy (non-hydrogen) atoms. The van der Waals surface area contributed by atoms with Crippen molar-refractivity contribution in [2.24, 2.45) is 0 Å². The maximum atomic E-state index is 12.1. The van der Waals surface area contributed by atoms with Crippen LogP contribution in [0, 0.1) is 13.8 Å². The number of nitrogens with zero attached hydrogens (tertiary/aromatic N) is 2. The summed E-state index contributed by atoms with van der Waals surface area (Å²) in [6, 6.07) is 6.31. The Kier molecular flexibility index (Phi) is 6.02. The van der Waals surface area contributed by atoms with Gasteiger partial charge in [-0.05, 0) is 46.0 Å². The zero-order valence-electron chi connectivity index (χ0n) is 13.5.